The van der Waals surface area contributed by atoms with Crippen molar-refractivity contribution in [3.8, 4) is 0 Å². The lowest BCUT2D eigenvalue weighted by Gasteiger charge is -2.33. The van der Waals surface area contributed by atoms with Crippen LogP contribution in [0.3, 0.4) is 0 Å². The number of unbranched alkanes of at least 4 members (excludes halogenated alkanes) is 2. The number of likely N-dealkylation sites (N-methyl/N-ethyl adjacent to an activating group) is 1. The molecule has 2 N–H and O–H groups in total. The van der Waals surface area contributed by atoms with Crippen LogP contribution in [-0.4, -0.2) is 30.6 Å². The molecule has 0 spiro atoms. The maximum Gasteiger partial charge on any atom is 0.0218 e. The van der Waals surface area contributed by atoms with Gasteiger partial charge in [0.2, 0.25) is 0 Å². The van der Waals surface area contributed by atoms with Gasteiger partial charge in [0, 0.05) is 18.6 Å². The zero-order chi connectivity index (χ0) is 11.7. The van der Waals surface area contributed by atoms with Crippen LogP contribution in [-0.2, 0) is 0 Å². The summed E-state index contributed by atoms with van der Waals surface area (Å²) in [7, 11) is 2.24. The van der Waals surface area contributed by atoms with Crippen LogP contribution in [0.15, 0.2) is 0 Å². The largest absolute Gasteiger partial charge is 0.329 e. The monoisotopic (exact) mass is 214 g/mol. The van der Waals surface area contributed by atoms with Gasteiger partial charge < -0.3 is 5.73 Å². The third-order valence-corrected chi connectivity index (χ3v) is 3.51. The summed E-state index contributed by atoms with van der Waals surface area (Å²) in [5, 5.41) is 0. The van der Waals surface area contributed by atoms with Crippen molar-refractivity contribution in [2.75, 3.05) is 13.6 Å². The van der Waals surface area contributed by atoms with Crippen molar-refractivity contribution in [1.82, 2.24) is 4.90 Å². The first-order chi connectivity index (χ1) is 7.21. The van der Waals surface area contributed by atoms with Crippen molar-refractivity contribution in [2.45, 2.75) is 71.4 Å². The molecule has 0 heterocycles. The average molecular weight is 214 g/mol. The van der Waals surface area contributed by atoms with Gasteiger partial charge in [-0.15, -0.1) is 0 Å². The van der Waals surface area contributed by atoms with Crippen molar-refractivity contribution in [1.29, 1.82) is 0 Å². The highest BCUT2D eigenvalue weighted by Crippen LogP contribution is 2.14. The molecular formula is C13H30N2. The van der Waals surface area contributed by atoms with Gasteiger partial charge in [0.05, 0.1) is 0 Å². The molecule has 0 fully saturated rings. The predicted molar refractivity (Wildman–Crippen MR) is 69.1 cm³/mol. The molecule has 92 valence electrons. The third kappa shape index (κ3) is 5.53. The molecule has 1 atom stereocenters. The van der Waals surface area contributed by atoms with Crippen LogP contribution in [0.2, 0.25) is 0 Å². The van der Waals surface area contributed by atoms with E-state index in [0.29, 0.717) is 12.1 Å². The summed E-state index contributed by atoms with van der Waals surface area (Å²) in [6, 6.07) is 1.29. The molecule has 15 heavy (non-hydrogen) atoms. The van der Waals surface area contributed by atoms with Gasteiger partial charge in [-0.25, -0.2) is 0 Å². The molecule has 0 saturated heterocycles. The van der Waals surface area contributed by atoms with Gasteiger partial charge in [-0.1, -0.05) is 40.0 Å². The lowest BCUT2D eigenvalue weighted by Crippen LogP contribution is -2.43. The second-order valence-corrected chi connectivity index (χ2v) is 4.52. The first-order valence-electron chi connectivity index (χ1n) is 6.63. The molecule has 0 aromatic rings. The Bertz CT molecular complexity index is 132. The number of nitrogens with two attached hydrogens (primary N) is 1. The van der Waals surface area contributed by atoms with Gasteiger partial charge >= 0.3 is 0 Å². The van der Waals surface area contributed by atoms with Gasteiger partial charge in [0.15, 0.2) is 0 Å². The van der Waals surface area contributed by atoms with Gasteiger partial charge in [-0.3, -0.25) is 4.90 Å². The van der Waals surface area contributed by atoms with E-state index in [-0.39, 0.29) is 0 Å². The number of rotatable bonds is 9. The lowest BCUT2D eigenvalue weighted by molar-refractivity contribution is 0.157. The van der Waals surface area contributed by atoms with Crippen LogP contribution in [0.25, 0.3) is 0 Å². The van der Waals surface area contributed by atoms with E-state index >= 15 is 0 Å². The molecule has 0 aliphatic heterocycles. The van der Waals surface area contributed by atoms with Crippen LogP contribution < -0.4 is 5.73 Å². The Morgan fingerprint density at radius 1 is 1.00 bits per heavy atom. The van der Waals surface area contributed by atoms with Crippen molar-refractivity contribution in [2.24, 2.45) is 5.73 Å². The van der Waals surface area contributed by atoms with Crippen LogP contribution in [0.4, 0.5) is 0 Å². The molecule has 0 aromatic heterocycles. The van der Waals surface area contributed by atoms with E-state index in [4.69, 9.17) is 5.73 Å². The molecule has 1 unspecified atom stereocenters. The van der Waals surface area contributed by atoms with E-state index in [9.17, 15) is 0 Å². The maximum absolute atomic E-state index is 5.86. The molecule has 0 radical (unpaired) electrons. The first kappa shape index (κ1) is 14.9. The molecule has 0 aliphatic carbocycles. The topological polar surface area (TPSA) is 29.3 Å². The fourth-order valence-electron chi connectivity index (χ4n) is 2.28. The van der Waals surface area contributed by atoms with Crippen molar-refractivity contribution in [3.05, 3.63) is 0 Å². The fourth-order valence-corrected chi connectivity index (χ4v) is 2.28. The van der Waals surface area contributed by atoms with Gasteiger partial charge in [-0.05, 0) is 26.3 Å². The van der Waals surface area contributed by atoms with Crippen LogP contribution in [0, 0.1) is 0 Å². The minimum atomic E-state index is 0.585. The summed E-state index contributed by atoms with van der Waals surface area (Å²) in [6.45, 7) is 7.59. The summed E-state index contributed by atoms with van der Waals surface area (Å²) in [5.41, 5.74) is 5.86. The minimum Gasteiger partial charge on any atom is -0.329 e. The van der Waals surface area contributed by atoms with E-state index in [0.717, 1.165) is 6.54 Å². The molecule has 0 rings (SSSR count). The number of hydrogen-bond donors (Lipinski definition) is 1. The second-order valence-electron chi connectivity index (χ2n) is 4.52. The van der Waals surface area contributed by atoms with E-state index in [1.54, 1.807) is 0 Å². The number of nitrogens with zero attached hydrogens (tertiary/aromatic N) is 1. The first-order valence-corrected chi connectivity index (χ1v) is 6.63. The Morgan fingerprint density at radius 2 is 1.60 bits per heavy atom. The highest BCUT2D eigenvalue weighted by Gasteiger charge is 2.18. The summed E-state index contributed by atoms with van der Waals surface area (Å²) >= 11 is 0. The predicted octanol–water partition coefficient (Wildman–Crippen LogP) is 3.01. The summed E-state index contributed by atoms with van der Waals surface area (Å²) in [4.78, 5) is 2.50. The summed E-state index contributed by atoms with van der Waals surface area (Å²) < 4.78 is 0. The summed E-state index contributed by atoms with van der Waals surface area (Å²) in [6.07, 6.45) is 7.69. The smallest absolute Gasteiger partial charge is 0.0218 e. The Morgan fingerprint density at radius 3 is 2.00 bits per heavy atom. The fraction of sp³-hybridized carbons (Fsp3) is 1.00. The molecule has 2 heteroatoms. The zero-order valence-electron chi connectivity index (χ0n) is 11.1. The van der Waals surface area contributed by atoms with E-state index in [1.807, 2.05) is 0 Å². The highest BCUT2D eigenvalue weighted by molar-refractivity contribution is 4.75. The standard InChI is InChI=1S/C13H30N2/c1-5-8-9-10-13(11-14)15(4)12(6-2)7-3/h12-13H,5-11,14H2,1-4H3. The Balaban J connectivity index is 4.01. The third-order valence-electron chi connectivity index (χ3n) is 3.51. The maximum atomic E-state index is 5.86. The molecular weight excluding hydrogens is 184 g/mol. The number of hydrogen-bond acceptors (Lipinski definition) is 2. The van der Waals surface area contributed by atoms with Gasteiger partial charge in [0.25, 0.3) is 0 Å². The average Bonchev–Trinajstić information content (AvgIpc) is 2.26. The minimum absolute atomic E-state index is 0.585. The lowest BCUT2D eigenvalue weighted by atomic mass is 10.0. The molecule has 0 aliphatic rings. The van der Waals surface area contributed by atoms with Crippen molar-refractivity contribution < 1.29 is 0 Å². The van der Waals surface area contributed by atoms with E-state index < -0.39 is 0 Å². The normalized spacial score (nSPS) is 13.8. The quantitative estimate of drug-likeness (QED) is 0.598. The van der Waals surface area contributed by atoms with Gasteiger partial charge in [0.1, 0.15) is 0 Å². The van der Waals surface area contributed by atoms with Crippen molar-refractivity contribution in [3.63, 3.8) is 0 Å². The second kappa shape index (κ2) is 9.17. The Labute approximate surface area is 96.2 Å². The molecule has 2 nitrogen and oxygen atoms in total. The van der Waals surface area contributed by atoms with E-state index in [1.165, 1.54) is 38.5 Å². The van der Waals surface area contributed by atoms with E-state index in [2.05, 4.69) is 32.7 Å². The molecule has 0 saturated carbocycles. The summed E-state index contributed by atoms with van der Waals surface area (Å²) in [5.74, 6) is 0. The Kier molecular flexibility index (Phi) is 9.12. The van der Waals surface area contributed by atoms with Crippen LogP contribution in [0.5, 0.6) is 0 Å². The van der Waals surface area contributed by atoms with Crippen molar-refractivity contribution >= 4 is 0 Å². The molecule has 0 bridgehead atoms. The molecule has 0 amide bonds. The molecule has 0 aromatic carbocycles. The zero-order valence-corrected chi connectivity index (χ0v) is 11.1. The Hall–Kier alpha value is -0.0800. The SMILES string of the molecule is CCCCCC(CN)N(C)C(CC)CC. The highest BCUT2D eigenvalue weighted by atomic mass is 15.2. The van der Waals surface area contributed by atoms with Crippen LogP contribution >= 0.6 is 0 Å². The van der Waals surface area contributed by atoms with Crippen LogP contribution in [0.1, 0.15) is 59.3 Å². The van der Waals surface area contributed by atoms with Gasteiger partial charge in [-0.2, -0.15) is 0 Å².